The summed E-state index contributed by atoms with van der Waals surface area (Å²) < 4.78 is 1.04. The van der Waals surface area contributed by atoms with Crippen LogP contribution in [0.15, 0.2) is 41.8 Å². The van der Waals surface area contributed by atoms with Gasteiger partial charge in [-0.25, -0.2) is 0 Å². The van der Waals surface area contributed by atoms with Crippen molar-refractivity contribution >= 4 is 44.4 Å². The zero-order valence-electron chi connectivity index (χ0n) is 10.1. The molecule has 0 saturated carbocycles. The van der Waals surface area contributed by atoms with E-state index >= 15 is 0 Å². The second-order valence-electron chi connectivity index (χ2n) is 4.10. The van der Waals surface area contributed by atoms with E-state index in [1.54, 1.807) is 11.3 Å². The third kappa shape index (κ3) is 2.34. The summed E-state index contributed by atoms with van der Waals surface area (Å²) in [7, 11) is 0. The highest BCUT2D eigenvalue weighted by molar-refractivity contribution is 7.21. The van der Waals surface area contributed by atoms with Crippen LogP contribution in [0.4, 0.5) is 5.69 Å². The fourth-order valence-corrected chi connectivity index (χ4v) is 3.58. The Morgan fingerprint density at radius 2 is 2.05 bits per heavy atom. The van der Waals surface area contributed by atoms with Crippen molar-refractivity contribution in [3.63, 3.8) is 0 Å². The Morgan fingerprint density at radius 1 is 1.21 bits per heavy atom. The van der Waals surface area contributed by atoms with E-state index in [-0.39, 0.29) is 5.91 Å². The van der Waals surface area contributed by atoms with Gasteiger partial charge in [-0.05, 0) is 17.5 Å². The molecule has 0 aliphatic carbocycles. The first-order valence-corrected chi connectivity index (χ1v) is 7.53. The molecule has 2 heterocycles. The predicted molar refractivity (Wildman–Crippen MR) is 81.7 cm³/mol. The summed E-state index contributed by atoms with van der Waals surface area (Å²) in [4.78, 5) is 13.9. The zero-order chi connectivity index (χ0) is 13.2. The first kappa shape index (κ1) is 12.2. The third-order valence-electron chi connectivity index (χ3n) is 2.84. The van der Waals surface area contributed by atoms with Crippen LogP contribution in [0.2, 0.25) is 0 Å². The van der Waals surface area contributed by atoms with Crippen molar-refractivity contribution in [3.05, 3.63) is 51.5 Å². The lowest BCUT2D eigenvalue weighted by Crippen LogP contribution is -2.22. The summed E-state index contributed by atoms with van der Waals surface area (Å²) in [6.45, 7) is 0.546. The Labute approximate surface area is 118 Å². The average molecular weight is 288 g/mol. The smallest absolute Gasteiger partial charge is 0.263 e. The Hall–Kier alpha value is -1.85. The minimum Gasteiger partial charge on any atom is -0.397 e. The molecule has 0 saturated heterocycles. The second kappa shape index (κ2) is 5.03. The van der Waals surface area contributed by atoms with Gasteiger partial charge in [0.1, 0.15) is 4.88 Å². The van der Waals surface area contributed by atoms with E-state index in [1.165, 1.54) is 11.3 Å². The van der Waals surface area contributed by atoms with Crippen molar-refractivity contribution in [2.24, 2.45) is 0 Å². The summed E-state index contributed by atoms with van der Waals surface area (Å²) in [6.07, 6.45) is 0. The molecule has 2 aromatic heterocycles. The number of fused-ring (bicyclic) bond motifs is 1. The van der Waals surface area contributed by atoms with Gasteiger partial charge in [-0.15, -0.1) is 22.7 Å². The van der Waals surface area contributed by atoms with E-state index in [4.69, 9.17) is 5.73 Å². The number of hydrogen-bond donors (Lipinski definition) is 2. The Bertz CT molecular complexity index is 716. The molecule has 3 aromatic rings. The van der Waals surface area contributed by atoms with E-state index in [9.17, 15) is 4.79 Å². The molecule has 96 valence electrons. The van der Waals surface area contributed by atoms with Gasteiger partial charge in [0, 0.05) is 15.0 Å². The highest BCUT2D eigenvalue weighted by Gasteiger charge is 2.15. The van der Waals surface area contributed by atoms with Gasteiger partial charge in [0.25, 0.3) is 5.91 Å². The SMILES string of the molecule is Nc1c(C(=O)NCc2cccs2)sc2ccccc12. The maximum atomic E-state index is 12.2. The van der Waals surface area contributed by atoms with Crippen molar-refractivity contribution in [1.29, 1.82) is 0 Å². The van der Waals surface area contributed by atoms with Crippen LogP contribution in [0.1, 0.15) is 14.5 Å². The molecule has 0 radical (unpaired) electrons. The third-order valence-corrected chi connectivity index (χ3v) is 4.91. The van der Waals surface area contributed by atoms with Crippen LogP contribution >= 0.6 is 22.7 Å². The number of carbonyl (C=O) groups is 1. The monoisotopic (exact) mass is 288 g/mol. The van der Waals surface area contributed by atoms with Gasteiger partial charge in [0.05, 0.1) is 12.2 Å². The van der Waals surface area contributed by atoms with Crippen LogP contribution < -0.4 is 11.1 Å². The van der Waals surface area contributed by atoms with Gasteiger partial charge in [0.15, 0.2) is 0 Å². The number of thiophene rings is 2. The number of benzene rings is 1. The number of amides is 1. The highest BCUT2D eigenvalue weighted by atomic mass is 32.1. The Kier molecular flexibility index (Phi) is 3.23. The fourth-order valence-electron chi connectivity index (χ4n) is 1.89. The molecule has 0 aliphatic rings. The topological polar surface area (TPSA) is 55.1 Å². The summed E-state index contributed by atoms with van der Waals surface area (Å²) in [6, 6.07) is 11.8. The lowest BCUT2D eigenvalue weighted by atomic mass is 10.2. The quantitative estimate of drug-likeness (QED) is 0.775. The molecular weight excluding hydrogens is 276 g/mol. The fraction of sp³-hybridized carbons (Fsp3) is 0.0714. The molecule has 5 heteroatoms. The van der Waals surface area contributed by atoms with Crippen molar-refractivity contribution < 1.29 is 4.79 Å². The molecule has 1 aromatic carbocycles. The van der Waals surface area contributed by atoms with Crippen molar-refractivity contribution in [2.75, 3.05) is 5.73 Å². The average Bonchev–Trinajstić information content (AvgIpc) is 3.05. The molecule has 0 atom stereocenters. The molecule has 0 unspecified atom stereocenters. The van der Waals surface area contributed by atoms with E-state index in [0.717, 1.165) is 15.0 Å². The number of hydrogen-bond acceptors (Lipinski definition) is 4. The molecule has 19 heavy (non-hydrogen) atoms. The normalized spacial score (nSPS) is 10.7. The number of rotatable bonds is 3. The molecule has 0 bridgehead atoms. The number of carbonyl (C=O) groups excluding carboxylic acids is 1. The van der Waals surface area contributed by atoms with Crippen LogP contribution in [-0.4, -0.2) is 5.91 Å². The van der Waals surface area contributed by atoms with E-state index in [2.05, 4.69) is 5.32 Å². The van der Waals surface area contributed by atoms with E-state index < -0.39 is 0 Å². The van der Waals surface area contributed by atoms with Crippen LogP contribution in [0.3, 0.4) is 0 Å². The summed E-state index contributed by atoms with van der Waals surface area (Å²) in [5.74, 6) is -0.105. The number of nitrogens with one attached hydrogen (secondary N) is 1. The van der Waals surface area contributed by atoms with Gasteiger partial charge >= 0.3 is 0 Å². The van der Waals surface area contributed by atoms with E-state index in [0.29, 0.717) is 17.1 Å². The molecular formula is C14H12N2OS2. The molecule has 0 fully saturated rings. The predicted octanol–water partition coefficient (Wildman–Crippen LogP) is 3.48. The maximum absolute atomic E-state index is 12.2. The zero-order valence-corrected chi connectivity index (χ0v) is 11.7. The van der Waals surface area contributed by atoms with Gasteiger partial charge in [-0.1, -0.05) is 24.3 Å². The lowest BCUT2D eigenvalue weighted by molar-refractivity contribution is 0.0956. The molecule has 3 nitrogen and oxygen atoms in total. The first-order chi connectivity index (χ1) is 9.25. The van der Waals surface area contributed by atoms with Crippen molar-refractivity contribution in [2.45, 2.75) is 6.54 Å². The Balaban J connectivity index is 1.83. The van der Waals surface area contributed by atoms with Crippen molar-refractivity contribution in [3.8, 4) is 0 Å². The summed E-state index contributed by atoms with van der Waals surface area (Å²) in [5.41, 5.74) is 6.61. The minimum absolute atomic E-state index is 0.105. The van der Waals surface area contributed by atoms with Crippen LogP contribution in [0.5, 0.6) is 0 Å². The van der Waals surface area contributed by atoms with Crippen LogP contribution in [-0.2, 0) is 6.54 Å². The standard InChI is InChI=1S/C14H12N2OS2/c15-12-10-5-1-2-6-11(10)19-13(12)14(17)16-8-9-4-3-7-18-9/h1-7H,8,15H2,(H,16,17). The minimum atomic E-state index is -0.105. The largest absolute Gasteiger partial charge is 0.397 e. The number of nitrogens with two attached hydrogens (primary N) is 1. The lowest BCUT2D eigenvalue weighted by Gasteiger charge is -2.02. The molecule has 3 rings (SSSR count). The summed E-state index contributed by atoms with van der Waals surface area (Å²) >= 11 is 3.06. The Morgan fingerprint density at radius 3 is 2.79 bits per heavy atom. The number of nitrogen functional groups attached to an aromatic ring is 1. The van der Waals surface area contributed by atoms with Crippen LogP contribution in [0, 0.1) is 0 Å². The molecule has 1 amide bonds. The number of anilines is 1. The summed E-state index contributed by atoms with van der Waals surface area (Å²) in [5, 5.41) is 5.85. The first-order valence-electron chi connectivity index (χ1n) is 5.83. The maximum Gasteiger partial charge on any atom is 0.263 e. The van der Waals surface area contributed by atoms with E-state index in [1.807, 2.05) is 41.8 Å². The highest BCUT2D eigenvalue weighted by Crippen LogP contribution is 2.33. The van der Waals surface area contributed by atoms with Gasteiger partial charge in [-0.3, -0.25) is 4.79 Å². The van der Waals surface area contributed by atoms with Gasteiger partial charge < -0.3 is 11.1 Å². The van der Waals surface area contributed by atoms with Gasteiger partial charge in [0.2, 0.25) is 0 Å². The van der Waals surface area contributed by atoms with Crippen LogP contribution in [0.25, 0.3) is 10.1 Å². The molecule has 3 N–H and O–H groups in total. The molecule has 0 spiro atoms. The van der Waals surface area contributed by atoms with Gasteiger partial charge in [-0.2, -0.15) is 0 Å². The van der Waals surface area contributed by atoms with Crippen molar-refractivity contribution in [1.82, 2.24) is 5.32 Å². The molecule has 0 aliphatic heterocycles. The second-order valence-corrected chi connectivity index (χ2v) is 6.19.